The average molecular weight is 442 g/mol. The number of ether oxygens (including phenoxy) is 1. The van der Waals surface area contributed by atoms with E-state index in [1.54, 1.807) is 6.07 Å². The van der Waals surface area contributed by atoms with E-state index in [1.807, 2.05) is 40.2 Å². The minimum absolute atomic E-state index is 0.281. The van der Waals surface area contributed by atoms with E-state index in [-0.39, 0.29) is 5.41 Å². The summed E-state index contributed by atoms with van der Waals surface area (Å²) in [5.74, 6) is 0.848. The predicted octanol–water partition coefficient (Wildman–Crippen LogP) is 4.66. The van der Waals surface area contributed by atoms with E-state index in [2.05, 4.69) is 53.7 Å². The number of rotatable bonds is 7. The molecule has 0 N–H and O–H groups in total. The Hall–Kier alpha value is -2.60. The van der Waals surface area contributed by atoms with Gasteiger partial charge in [0.25, 0.3) is 0 Å². The maximum atomic E-state index is 12.1. The standard InChI is InChI=1S/C25H33N2O3S/c1-8-25(3)21-17-20(31(7,28)29)13-14-22(21)27(6)24(25)15-11-18-10-12-19(26(4)5)16-23(18)30-9-2/h10-17H,8-9H2,1-7H3/q+1. The number of allylic oxidation sites excluding steroid dienone is 1. The van der Waals surface area contributed by atoms with Crippen LogP contribution in [0.15, 0.2) is 47.4 Å². The summed E-state index contributed by atoms with van der Waals surface area (Å²) in [6.07, 6.45) is 6.34. The van der Waals surface area contributed by atoms with Crippen LogP contribution in [0.2, 0.25) is 0 Å². The van der Waals surface area contributed by atoms with Crippen molar-refractivity contribution in [2.24, 2.45) is 0 Å². The first-order valence-corrected chi connectivity index (χ1v) is 12.5. The van der Waals surface area contributed by atoms with Gasteiger partial charge in [-0.05, 0) is 50.6 Å². The van der Waals surface area contributed by atoms with Gasteiger partial charge in [-0.1, -0.05) is 6.92 Å². The van der Waals surface area contributed by atoms with E-state index >= 15 is 0 Å². The summed E-state index contributed by atoms with van der Waals surface area (Å²) in [7, 11) is 2.80. The molecule has 2 aromatic carbocycles. The van der Waals surface area contributed by atoms with Gasteiger partial charge >= 0.3 is 0 Å². The maximum absolute atomic E-state index is 12.1. The first kappa shape index (κ1) is 23.1. The molecule has 2 aromatic rings. The van der Waals surface area contributed by atoms with Gasteiger partial charge in [-0.25, -0.2) is 8.42 Å². The number of hydrogen-bond donors (Lipinski definition) is 0. The highest BCUT2D eigenvalue weighted by atomic mass is 32.2. The molecule has 0 fully saturated rings. The second-order valence-electron chi connectivity index (χ2n) is 8.46. The van der Waals surface area contributed by atoms with Gasteiger partial charge in [-0.15, -0.1) is 0 Å². The molecule has 0 saturated carbocycles. The van der Waals surface area contributed by atoms with E-state index in [9.17, 15) is 8.42 Å². The number of anilines is 1. The molecule has 5 nitrogen and oxygen atoms in total. The molecular weight excluding hydrogens is 408 g/mol. The highest BCUT2D eigenvalue weighted by Crippen LogP contribution is 2.43. The lowest BCUT2D eigenvalue weighted by atomic mass is 9.77. The molecule has 1 atom stereocenters. The van der Waals surface area contributed by atoms with Gasteiger partial charge in [0.15, 0.2) is 15.5 Å². The van der Waals surface area contributed by atoms with Gasteiger partial charge < -0.3 is 9.64 Å². The summed E-state index contributed by atoms with van der Waals surface area (Å²) in [4.78, 5) is 2.42. The van der Waals surface area contributed by atoms with Crippen molar-refractivity contribution < 1.29 is 17.7 Å². The fourth-order valence-electron chi connectivity index (χ4n) is 4.17. The van der Waals surface area contributed by atoms with E-state index in [0.29, 0.717) is 11.5 Å². The molecule has 0 bridgehead atoms. The first-order chi connectivity index (χ1) is 14.5. The molecule has 1 unspecified atom stereocenters. The topological polar surface area (TPSA) is 49.6 Å². The van der Waals surface area contributed by atoms with Crippen molar-refractivity contribution in [1.82, 2.24) is 0 Å². The van der Waals surface area contributed by atoms with Crippen LogP contribution >= 0.6 is 0 Å². The normalized spacial score (nSPS) is 18.5. The van der Waals surface area contributed by atoms with Crippen LogP contribution in [-0.2, 0) is 15.3 Å². The molecule has 0 amide bonds. The molecule has 0 radical (unpaired) electrons. The van der Waals surface area contributed by atoms with E-state index in [0.717, 1.165) is 40.4 Å². The van der Waals surface area contributed by atoms with Crippen LogP contribution in [0.1, 0.15) is 38.3 Å². The van der Waals surface area contributed by atoms with Gasteiger partial charge in [0, 0.05) is 55.4 Å². The highest BCUT2D eigenvalue weighted by Gasteiger charge is 2.45. The number of fused-ring (bicyclic) bond motifs is 1. The van der Waals surface area contributed by atoms with Gasteiger partial charge in [0.2, 0.25) is 5.69 Å². The number of nitrogens with zero attached hydrogens (tertiary/aromatic N) is 2. The Bertz CT molecular complexity index is 1160. The van der Waals surface area contributed by atoms with Crippen molar-refractivity contribution in [1.29, 1.82) is 0 Å². The van der Waals surface area contributed by atoms with E-state index in [1.165, 1.54) is 6.26 Å². The minimum atomic E-state index is -3.26. The smallest absolute Gasteiger partial charge is 0.209 e. The Morgan fingerprint density at radius 3 is 2.39 bits per heavy atom. The quantitative estimate of drug-likeness (QED) is 0.586. The number of benzene rings is 2. The van der Waals surface area contributed by atoms with Crippen molar-refractivity contribution in [3.63, 3.8) is 0 Å². The second-order valence-corrected chi connectivity index (χ2v) is 10.5. The number of hydrogen-bond acceptors (Lipinski definition) is 4. The summed E-state index contributed by atoms with van der Waals surface area (Å²) < 4.78 is 32.3. The molecule has 3 rings (SSSR count). The fourth-order valence-corrected chi connectivity index (χ4v) is 4.82. The zero-order chi connectivity index (χ0) is 23.0. The highest BCUT2D eigenvalue weighted by molar-refractivity contribution is 7.90. The van der Waals surface area contributed by atoms with Crippen LogP contribution < -0.4 is 9.64 Å². The van der Waals surface area contributed by atoms with Crippen LogP contribution in [0.4, 0.5) is 11.4 Å². The fraction of sp³-hybridized carbons (Fsp3) is 0.400. The molecule has 1 heterocycles. The third-order valence-electron chi connectivity index (χ3n) is 6.22. The molecule has 0 aromatic heterocycles. The van der Waals surface area contributed by atoms with Gasteiger partial charge in [-0.2, -0.15) is 4.58 Å². The predicted molar refractivity (Wildman–Crippen MR) is 129 cm³/mol. The molecule has 0 aliphatic carbocycles. The van der Waals surface area contributed by atoms with Crippen LogP contribution in [0, 0.1) is 0 Å². The average Bonchev–Trinajstić information content (AvgIpc) is 2.93. The maximum Gasteiger partial charge on any atom is 0.209 e. The molecule has 0 spiro atoms. The molecule has 1 aliphatic heterocycles. The third kappa shape index (κ3) is 4.26. The van der Waals surface area contributed by atoms with Crippen molar-refractivity contribution in [2.45, 2.75) is 37.5 Å². The van der Waals surface area contributed by atoms with Crippen molar-refractivity contribution in [3.05, 3.63) is 53.6 Å². The van der Waals surface area contributed by atoms with E-state index in [4.69, 9.17) is 4.74 Å². The molecule has 0 saturated heterocycles. The van der Waals surface area contributed by atoms with Crippen LogP contribution in [-0.4, -0.2) is 52.7 Å². The summed E-state index contributed by atoms with van der Waals surface area (Å²) in [6, 6.07) is 11.7. The molecule has 1 aliphatic rings. The zero-order valence-corrected chi connectivity index (χ0v) is 20.4. The van der Waals surface area contributed by atoms with Crippen LogP contribution in [0.5, 0.6) is 5.75 Å². The number of sulfone groups is 1. The second kappa shape index (κ2) is 8.50. The summed E-state index contributed by atoms with van der Waals surface area (Å²) in [5, 5.41) is 0. The Balaban J connectivity index is 2.07. The lowest BCUT2D eigenvalue weighted by Crippen LogP contribution is -2.29. The van der Waals surface area contributed by atoms with Crippen molar-refractivity contribution in [2.75, 3.05) is 38.9 Å². The zero-order valence-electron chi connectivity index (χ0n) is 19.6. The van der Waals surface area contributed by atoms with Gasteiger partial charge in [0.05, 0.1) is 16.9 Å². The Morgan fingerprint density at radius 2 is 1.81 bits per heavy atom. The molecule has 166 valence electrons. The van der Waals surface area contributed by atoms with Gasteiger partial charge in [-0.3, -0.25) is 0 Å². The molecular formula is C25H33N2O3S+. The monoisotopic (exact) mass is 441 g/mol. The Labute approximate surface area is 186 Å². The van der Waals surface area contributed by atoms with Crippen molar-refractivity contribution >= 4 is 33.0 Å². The van der Waals surface area contributed by atoms with Crippen LogP contribution in [0.25, 0.3) is 6.08 Å². The van der Waals surface area contributed by atoms with Crippen molar-refractivity contribution in [3.8, 4) is 5.75 Å². The first-order valence-electron chi connectivity index (χ1n) is 10.6. The van der Waals surface area contributed by atoms with Crippen LogP contribution in [0.3, 0.4) is 0 Å². The Morgan fingerprint density at radius 1 is 1.10 bits per heavy atom. The van der Waals surface area contributed by atoms with E-state index < -0.39 is 9.84 Å². The molecule has 6 heteroatoms. The third-order valence-corrected chi connectivity index (χ3v) is 7.33. The minimum Gasteiger partial charge on any atom is -0.493 e. The lowest BCUT2D eigenvalue weighted by molar-refractivity contribution is -0.401. The molecule has 31 heavy (non-hydrogen) atoms. The summed E-state index contributed by atoms with van der Waals surface area (Å²) in [5.41, 5.74) is 5.05. The lowest BCUT2D eigenvalue weighted by Gasteiger charge is -2.20. The van der Waals surface area contributed by atoms with Gasteiger partial charge in [0.1, 0.15) is 12.8 Å². The summed E-state index contributed by atoms with van der Waals surface area (Å²) in [6.45, 7) is 6.90. The SMILES string of the molecule is CCOc1cc(N(C)C)ccc1/C=C/C1=[N+](C)c2ccc(S(C)(=O)=O)cc2C1(C)CC. The summed E-state index contributed by atoms with van der Waals surface area (Å²) >= 11 is 0. The largest absolute Gasteiger partial charge is 0.493 e. The Kier molecular flexibility index (Phi) is 6.33.